The van der Waals surface area contributed by atoms with Crippen molar-refractivity contribution in [2.45, 2.75) is 20.0 Å². The Hall–Kier alpha value is -0.580. The van der Waals surface area contributed by atoms with Crippen molar-refractivity contribution in [2.75, 3.05) is 26.8 Å². The molecule has 0 aliphatic rings. The van der Waals surface area contributed by atoms with Crippen molar-refractivity contribution >= 4 is 15.9 Å². The number of benzene rings is 1. The lowest BCUT2D eigenvalue weighted by Crippen LogP contribution is -2.34. The summed E-state index contributed by atoms with van der Waals surface area (Å²) >= 11 is 3.51. The first-order chi connectivity index (χ1) is 8.17. The highest BCUT2D eigenvalue weighted by molar-refractivity contribution is 9.10. The number of methoxy groups -OCH3 is 1. The normalized spacial score (nSPS) is 12.5. The van der Waals surface area contributed by atoms with Crippen molar-refractivity contribution in [3.05, 3.63) is 28.2 Å². The van der Waals surface area contributed by atoms with Gasteiger partial charge in [0.05, 0.1) is 11.1 Å². The fraction of sp³-hybridized carbons (Fsp3) is 0.538. The van der Waals surface area contributed by atoms with Gasteiger partial charge in [0.25, 0.3) is 0 Å². The van der Waals surface area contributed by atoms with Crippen LogP contribution in [0, 0.1) is 6.92 Å². The van der Waals surface area contributed by atoms with E-state index < -0.39 is 0 Å². The first-order valence-electron chi connectivity index (χ1n) is 5.79. The largest absolute Gasteiger partial charge is 0.486 e. The molecule has 3 nitrogen and oxygen atoms in total. The number of nitrogens with one attached hydrogen (secondary N) is 1. The van der Waals surface area contributed by atoms with Gasteiger partial charge in [-0.05, 0) is 47.1 Å². The Bertz CT molecular complexity index is 344. The minimum atomic E-state index is 0.0268. The first kappa shape index (κ1) is 14.5. The third kappa shape index (κ3) is 5.06. The Morgan fingerprint density at radius 3 is 2.76 bits per heavy atom. The highest BCUT2D eigenvalue weighted by Crippen LogP contribution is 2.26. The second-order valence-electron chi connectivity index (χ2n) is 3.94. The Kier molecular flexibility index (Phi) is 6.55. The van der Waals surface area contributed by atoms with Crippen LogP contribution in [0.1, 0.15) is 12.5 Å². The van der Waals surface area contributed by atoms with Gasteiger partial charge in [-0.25, -0.2) is 0 Å². The van der Waals surface area contributed by atoms with Gasteiger partial charge in [0.2, 0.25) is 0 Å². The van der Waals surface area contributed by atoms with Crippen LogP contribution in [-0.2, 0) is 4.74 Å². The molecule has 1 N–H and O–H groups in total. The van der Waals surface area contributed by atoms with Crippen LogP contribution in [0.4, 0.5) is 0 Å². The predicted molar refractivity (Wildman–Crippen MR) is 73.7 cm³/mol. The van der Waals surface area contributed by atoms with Gasteiger partial charge in [0.15, 0.2) is 0 Å². The van der Waals surface area contributed by atoms with Crippen molar-refractivity contribution in [2.24, 2.45) is 0 Å². The van der Waals surface area contributed by atoms with Gasteiger partial charge in [-0.2, -0.15) is 0 Å². The van der Waals surface area contributed by atoms with Crippen LogP contribution in [0.2, 0.25) is 0 Å². The average molecular weight is 302 g/mol. The molecule has 0 aromatic heterocycles. The number of rotatable bonds is 7. The summed E-state index contributed by atoms with van der Waals surface area (Å²) in [6, 6.07) is 6.07. The molecule has 17 heavy (non-hydrogen) atoms. The smallest absolute Gasteiger partial charge is 0.134 e. The zero-order valence-electron chi connectivity index (χ0n) is 10.6. The van der Waals surface area contributed by atoms with Gasteiger partial charge < -0.3 is 14.8 Å². The monoisotopic (exact) mass is 301 g/mol. The number of hydrogen-bond donors (Lipinski definition) is 1. The van der Waals surface area contributed by atoms with E-state index in [4.69, 9.17) is 9.47 Å². The molecule has 1 unspecified atom stereocenters. The van der Waals surface area contributed by atoms with Crippen molar-refractivity contribution in [1.82, 2.24) is 5.32 Å². The quantitative estimate of drug-likeness (QED) is 0.840. The molecule has 96 valence electrons. The Morgan fingerprint density at radius 1 is 1.41 bits per heavy atom. The molecule has 0 heterocycles. The molecule has 0 spiro atoms. The topological polar surface area (TPSA) is 30.5 Å². The zero-order chi connectivity index (χ0) is 12.7. The van der Waals surface area contributed by atoms with E-state index in [9.17, 15) is 0 Å². The van der Waals surface area contributed by atoms with Crippen LogP contribution in [0.25, 0.3) is 0 Å². The molecule has 0 radical (unpaired) electrons. The maximum absolute atomic E-state index is 5.91. The van der Waals surface area contributed by atoms with Crippen molar-refractivity contribution in [3.63, 3.8) is 0 Å². The van der Waals surface area contributed by atoms with Gasteiger partial charge >= 0.3 is 0 Å². The summed E-state index contributed by atoms with van der Waals surface area (Å²) in [6.07, 6.45) is 0.0268. The molecule has 4 heteroatoms. The van der Waals surface area contributed by atoms with E-state index >= 15 is 0 Å². The minimum absolute atomic E-state index is 0.0268. The molecule has 0 amide bonds. The third-order valence-corrected chi connectivity index (χ3v) is 2.98. The zero-order valence-corrected chi connectivity index (χ0v) is 12.2. The molecule has 0 saturated carbocycles. The number of halogens is 1. The van der Waals surface area contributed by atoms with Gasteiger partial charge in [-0.15, -0.1) is 0 Å². The molecule has 1 rings (SSSR count). The molecule has 1 aromatic carbocycles. The van der Waals surface area contributed by atoms with Crippen LogP contribution in [-0.4, -0.2) is 32.9 Å². The van der Waals surface area contributed by atoms with Crippen molar-refractivity contribution < 1.29 is 9.47 Å². The maximum Gasteiger partial charge on any atom is 0.134 e. The van der Waals surface area contributed by atoms with E-state index in [-0.39, 0.29) is 6.10 Å². The fourth-order valence-electron chi connectivity index (χ4n) is 1.51. The molecule has 0 saturated heterocycles. The van der Waals surface area contributed by atoms with E-state index in [2.05, 4.69) is 35.1 Å². The second kappa shape index (κ2) is 7.69. The van der Waals surface area contributed by atoms with E-state index in [1.807, 2.05) is 18.2 Å². The van der Waals surface area contributed by atoms with E-state index in [0.29, 0.717) is 6.61 Å². The number of hydrogen-bond acceptors (Lipinski definition) is 3. The summed E-state index contributed by atoms with van der Waals surface area (Å²) in [5.74, 6) is 0.857. The highest BCUT2D eigenvalue weighted by atomic mass is 79.9. The van der Waals surface area contributed by atoms with Crippen molar-refractivity contribution in [3.8, 4) is 5.75 Å². The first-order valence-corrected chi connectivity index (χ1v) is 6.59. The Labute approximate surface area is 112 Å². The SMILES string of the molecule is CCNCC(COC)Oc1ccc(C)cc1Br. The standard InChI is InChI=1S/C13H20BrNO2/c1-4-15-8-11(9-16-3)17-13-6-5-10(2)7-12(13)14/h5-7,11,15H,4,8-9H2,1-3H3. The Balaban J connectivity index is 2.64. The molecule has 1 aromatic rings. The molecule has 0 aliphatic carbocycles. The predicted octanol–water partition coefficient (Wildman–Crippen LogP) is 2.76. The van der Waals surface area contributed by atoms with Gasteiger partial charge in [-0.3, -0.25) is 0 Å². The van der Waals surface area contributed by atoms with E-state index in [1.54, 1.807) is 7.11 Å². The van der Waals surface area contributed by atoms with Crippen LogP contribution in [0.5, 0.6) is 5.75 Å². The molecule has 1 atom stereocenters. The summed E-state index contributed by atoms with van der Waals surface area (Å²) < 4.78 is 12.0. The average Bonchev–Trinajstić information content (AvgIpc) is 2.29. The lowest BCUT2D eigenvalue weighted by atomic mass is 10.2. The molecule has 0 fully saturated rings. The fourth-order valence-corrected chi connectivity index (χ4v) is 2.09. The van der Waals surface area contributed by atoms with E-state index in [1.165, 1.54) is 5.56 Å². The summed E-state index contributed by atoms with van der Waals surface area (Å²) in [6.45, 7) is 6.42. The number of aryl methyl sites for hydroxylation is 1. The lowest BCUT2D eigenvalue weighted by molar-refractivity contribution is 0.0804. The van der Waals surface area contributed by atoms with Gasteiger partial charge in [0, 0.05) is 13.7 Å². The third-order valence-electron chi connectivity index (χ3n) is 2.36. The van der Waals surface area contributed by atoms with Crippen molar-refractivity contribution in [1.29, 1.82) is 0 Å². The summed E-state index contributed by atoms with van der Waals surface area (Å²) in [7, 11) is 1.69. The highest BCUT2D eigenvalue weighted by Gasteiger charge is 2.11. The summed E-state index contributed by atoms with van der Waals surface area (Å²) in [4.78, 5) is 0. The maximum atomic E-state index is 5.91. The lowest BCUT2D eigenvalue weighted by Gasteiger charge is -2.19. The number of likely N-dealkylation sites (N-methyl/N-ethyl adjacent to an activating group) is 1. The molecule has 0 aliphatic heterocycles. The van der Waals surface area contributed by atoms with Crippen LogP contribution < -0.4 is 10.1 Å². The van der Waals surface area contributed by atoms with Gasteiger partial charge in [0.1, 0.15) is 11.9 Å². The summed E-state index contributed by atoms with van der Waals surface area (Å²) in [5.41, 5.74) is 1.21. The summed E-state index contributed by atoms with van der Waals surface area (Å²) in [5, 5.41) is 3.26. The Morgan fingerprint density at radius 2 is 2.18 bits per heavy atom. The van der Waals surface area contributed by atoms with Crippen LogP contribution in [0.15, 0.2) is 22.7 Å². The second-order valence-corrected chi connectivity index (χ2v) is 4.79. The van der Waals surface area contributed by atoms with Crippen LogP contribution in [0.3, 0.4) is 0 Å². The minimum Gasteiger partial charge on any atom is -0.486 e. The van der Waals surface area contributed by atoms with Gasteiger partial charge in [-0.1, -0.05) is 13.0 Å². The number of ether oxygens (including phenoxy) is 2. The van der Waals surface area contributed by atoms with E-state index in [0.717, 1.165) is 23.3 Å². The van der Waals surface area contributed by atoms with Crippen LogP contribution >= 0.6 is 15.9 Å². The molecule has 0 bridgehead atoms. The molecular formula is C13H20BrNO2. The molecular weight excluding hydrogens is 282 g/mol.